The van der Waals surface area contributed by atoms with Gasteiger partial charge in [-0.1, -0.05) is 71.3 Å². The fourth-order valence-corrected chi connectivity index (χ4v) is 9.28. The number of aliphatic hydroxyl groups is 1. The van der Waals surface area contributed by atoms with Crippen molar-refractivity contribution in [2.75, 3.05) is 49.1 Å². The number of anilines is 2. The summed E-state index contributed by atoms with van der Waals surface area (Å²) in [6.45, 7) is 14.2. The zero-order chi connectivity index (χ0) is 38.8. The number of likely N-dealkylation sites (tertiary alicyclic amines) is 1. The van der Waals surface area contributed by atoms with E-state index in [0.29, 0.717) is 43.5 Å². The van der Waals surface area contributed by atoms with Crippen molar-refractivity contribution < 1.29 is 33.8 Å². The number of halogens is 1. The summed E-state index contributed by atoms with van der Waals surface area (Å²) in [6, 6.07) is 16.0. The van der Waals surface area contributed by atoms with Gasteiger partial charge in [-0.2, -0.15) is 0 Å². The van der Waals surface area contributed by atoms with Crippen LogP contribution in [0.15, 0.2) is 79.9 Å². The molecule has 3 aliphatic heterocycles. The normalized spacial score (nSPS) is 24.5. The highest BCUT2D eigenvalue weighted by molar-refractivity contribution is 9.09. The van der Waals surface area contributed by atoms with Gasteiger partial charge in [-0.15, -0.1) is 13.2 Å². The summed E-state index contributed by atoms with van der Waals surface area (Å²) < 4.78 is 13.0. The first-order valence-electron chi connectivity index (χ1n) is 19.3. The average Bonchev–Trinajstić information content (AvgIpc) is 3.78. The molecule has 1 unspecified atom stereocenters. The summed E-state index contributed by atoms with van der Waals surface area (Å²) in [7, 11) is 0. The molecule has 0 aromatic heterocycles. The first kappa shape index (κ1) is 41.2. The Hall–Kier alpha value is -4.00. The van der Waals surface area contributed by atoms with Gasteiger partial charge in [0, 0.05) is 55.4 Å². The fraction of sp³-hybridized carbons (Fsp3) is 0.524. The Morgan fingerprint density at radius 1 is 1.04 bits per heavy atom. The van der Waals surface area contributed by atoms with E-state index < -0.39 is 41.7 Å². The minimum absolute atomic E-state index is 0.0517. The maximum Gasteiger partial charge on any atom is 0.313 e. The van der Waals surface area contributed by atoms with Gasteiger partial charge in [0.05, 0.1) is 24.5 Å². The van der Waals surface area contributed by atoms with E-state index in [-0.39, 0.29) is 48.7 Å². The molecule has 292 valence electrons. The van der Waals surface area contributed by atoms with Crippen molar-refractivity contribution in [2.45, 2.75) is 87.5 Å². The molecule has 54 heavy (non-hydrogen) atoms. The summed E-state index contributed by atoms with van der Waals surface area (Å²) in [5, 5.41) is 12.2. The molecule has 2 bridgehead atoms. The average molecular weight is 808 g/mol. The number of amides is 3. The van der Waals surface area contributed by atoms with Crippen molar-refractivity contribution >= 4 is 51.0 Å². The molecule has 0 aliphatic carbocycles. The van der Waals surface area contributed by atoms with Crippen LogP contribution in [0.2, 0.25) is 0 Å². The molecule has 0 saturated carbocycles. The van der Waals surface area contributed by atoms with Crippen molar-refractivity contribution in [1.82, 2.24) is 10.2 Å². The molecule has 3 aliphatic rings. The highest BCUT2D eigenvalue weighted by Gasteiger charge is 2.77. The van der Waals surface area contributed by atoms with Crippen LogP contribution < -0.4 is 15.1 Å². The number of hydrogen-bond acceptors (Lipinski definition) is 8. The SMILES string of the molecule is C=CCCC(=O)NC[C@H](OC(=O)[C@@H]1[C@H]2O[C@@]3(CC2Br)[C@H](C(=O)N(CC=C)c2ccc(N(CC)CC)cc2)N(CCCCCCO)C(=O)[C@@H]13)c1ccccc1. The van der Waals surface area contributed by atoms with Crippen LogP contribution in [0.1, 0.15) is 70.5 Å². The Balaban J connectivity index is 1.47. The summed E-state index contributed by atoms with van der Waals surface area (Å²) in [5.74, 6) is -3.31. The molecule has 2 aromatic rings. The van der Waals surface area contributed by atoms with Crippen LogP contribution in [0.3, 0.4) is 0 Å². The van der Waals surface area contributed by atoms with E-state index in [1.54, 1.807) is 22.0 Å². The Kier molecular flexibility index (Phi) is 14.5. The second-order valence-corrected chi connectivity index (χ2v) is 15.4. The second kappa shape index (κ2) is 19.0. The summed E-state index contributed by atoms with van der Waals surface area (Å²) in [5.41, 5.74) is 1.14. The maximum absolute atomic E-state index is 15.0. The number of carbonyl (C=O) groups is 4. The first-order chi connectivity index (χ1) is 26.1. The van der Waals surface area contributed by atoms with Crippen molar-refractivity contribution in [3.8, 4) is 0 Å². The zero-order valence-electron chi connectivity index (χ0n) is 31.5. The lowest BCUT2D eigenvalue weighted by Gasteiger charge is -2.37. The quantitative estimate of drug-likeness (QED) is 0.0710. The number of hydrogen-bond donors (Lipinski definition) is 2. The van der Waals surface area contributed by atoms with Gasteiger partial charge in [-0.3, -0.25) is 19.2 Å². The van der Waals surface area contributed by atoms with Crippen molar-refractivity contribution in [1.29, 1.82) is 0 Å². The largest absolute Gasteiger partial charge is 0.455 e. The number of ether oxygens (including phenoxy) is 2. The Morgan fingerprint density at radius 3 is 2.37 bits per heavy atom. The molecule has 2 N–H and O–H groups in total. The monoisotopic (exact) mass is 806 g/mol. The number of alkyl halides is 1. The number of carbonyl (C=O) groups excluding carboxylic acids is 4. The lowest BCUT2D eigenvalue weighted by molar-refractivity contribution is -0.160. The molecule has 5 rings (SSSR count). The number of rotatable bonds is 21. The Morgan fingerprint density at radius 2 is 1.72 bits per heavy atom. The number of unbranched alkanes of at least 4 members (excludes halogenated alkanes) is 3. The molecule has 1 spiro atoms. The van der Waals surface area contributed by atoms with E-state index >= 15 is 4.79 Å². The third-order valence-electron chi connectivity index (χ3n) is 11.0. The topological polar surface area (TPSA) is 129 Å². The molecule has 3 heterocycles. The van der Waals surface area contributed by atoms with Crippen LogP contribution in [0, 0.1) is 11.8 Å². The number of fused-ring (bicyclic) bond motifs is 1. The molecule has 0 radical (unpaired) electrons. The number of nitrogens with zero attached hydrogens (tertiary/aromatic N) is 3. The van der Waals surface area contributed by atoms with Crippen LogP contribution in [0.25, 0.3) is 0 Å². The van der Waals surface area contributed by atoms with Crippen molar-refractivity contribution in [3.63, 3.8) is 0 Å². The number of benzene rings is 2. The fourth-order valence-electron chi connectivity index (χ4n) is 8.34. The van der Waals surface area contributed by atoms with Crippen molar-refractivity contribution in [3.05, 3.63) is 85.5 Å². The minimum atomic E-state index is -1.27. The van der Waals surface area contributed by atoms with Crippen molar-refractivity contribution in [2.24, 2.45) is 11.8 Å². The lowest BCUT2D eigenvalue weighted by atomic mass is 9.70. The van der Waals surface area contributed by atoms with Gasteiger partial charge >= 0.3 is 5.97 Å². The van der Waals surface area contributed by atoms with Gasteiger partial charge in [0.15, 0.2) is 0 Å². The van der Waals surface area contributed by atoms with Gasteiger partial charge in [0.1, 0.15) is 17.7 Å². The van der Waals surface area contributed by atoms with E-state index in [2.05, 4.69) is 53.2 Å². The second-order valence-electron chi connectivity index (χ2n) is 14.2. The van der Waals surface area contributed by atoms with E-state index in [9.17, 15) is 19.5 Å². The number of aliphatic hydroxyl groups excluding tert-OH is 1. The smallest absolute Gasteiger partial charge is 0.313 e. The molecular weight excluding hydrogens is 752 g/mol. The highest BCUT2D eigenvalue weighted by atomic mass is 79.9. The third kappa shape index (κ3) is 8.61. The lowest BCUT2D eigenvalue weighted by Crippen LogP contribution is -2.57. The number of nitrogens with one attached hydrogen (secondary N) is 1. The summed E-state index contributed by atoms with van der Waals surface area (Å²) in [6.07, 6.45) is 5.79. The van der Waals surface area contributed by atoms with E-state index in [0.717, 1.165) is 31.6 Å². The Labute approximate surface area is 327 Å². The van der Waals surface area contributed by atoms with Gasteiger partial charge < -0.3 is 34.6 Å². The first-order valence-corrected chi connectivity index (χ1v) is 20.2. The number of allylic oxidation sites excluding steroid dienone is 1. The molecule has 11 nitrogen and oxygen atoms in total. The minimum Gasteiger partial charge on any atom is -0.455 e. The standard InChI is InChI=1S/C42H55BrN4O7/c1-5-9-19-34(49)44-28-33(29-17-13-12-14-18-29)53-41(52)35-36-39(50)47(25-15-10-11-16-26-48)38(42(36)27-32(43)37(35)54-42)40(51)46(24-6-2)31-22-20-30(21-23-31)45(7-3)8-4/h5-6,12-14,17-18,20-23,32-33,35-38,48H,1-2,7-11,15-16,19,24-28H2,3-4H3,(H,44,49)/t32?,33-,35-,36+,37-,38-,42+/m0/s1. The van der Waals surface area contributed by atoms with Gasteiger partial charge in [0.25, 0.3) is 5.91 Å². The van der Waals surface area contributed by atoms with Crippen LogP contribution >= 0.6 is 15.9 Å². The Bertz CT molecular complexity index is 1620. The summed E-state index contributed by atoms with van der Waals surface area (Å²) in [4.78, 5) is 61.9. The van der Waals surface area contributed by atoms with E-state index in [1.807, 2.05) is 54.6 Å². The molecular formula is C42H55BrN4O7. The highest BCUT2D eigenvalue weighted by Crippen LogP contribution is 2.60. The van der Waals surface area contributed by atoms with Crippen LogP contribution in [-0.4, -0.2) is 95.6 Å². The number of esters is 1. The van der Waals surface area contributed by atoms with Gasteiger partial charge in [0.2, 0.25) is 11.8 Å². The zero-order valence-corrected chi connectivity index (χ0v) is 33.1. The summed E-state index contributed by atoms with van der Waals surface area (Å²) >= 11 is 3.77. The predicted molar refractivity (Wildman–Crippen MR) is 213 cm³/mol. The van der Waals surface area contributed by atoms with Gasteiger partial charge in [-0.25, -0.2) is 0 Å². The molecule has 7 atom stereocenters. The molecule has 2 aromatic carbocycles. The van der Waals surface area contributed by atoms with Crippen LogP contribution in [-0.2, 0) is 28.7 Å². The molecule has 3 saturated heterocycles. The van der Waals surface area contributed by atoms with Crippen LogP contribution in [0.4, 0.5) is 11.4 Å². The molecule has 3 amide bonds. The third-order valence-corrected chi connectivity index (χ3v) is 11.8. The van der Waals surface area contributed by atoms with Crippen LogP contribution in [0.5, 0.6) is 0 Å². The predicted octanol–water partition coefficient (Wildman–Crippen LogP) is 5.72. The van der Waals surface area contributed by atoms with E-state index in [4.69, 9.17) is 9.47 Å². The van der Waals surface area contributed by atoms with Gasteiger partial charge in [-0.05, 0) is 69.4 Å². The molecule has 12 heteroatoms. The van der Waals surface area contributed by atoms with E-state index in [1.165, 1.54) is 0 Å². The molecule has 3 fully saturated rings. The maximum atomic E-state index is 15.0.